The molecule has 1 aliphatic rings. The number of oxime groups is 1. The molecule has 0 bridgehead atoms. The molecule has 3 aromatic rings. The van der Waals surface area contributed by atoms with Gasteiger partial charge >= 0.3 is 24.7 Å². The van der Waals surface area contributed by atoms with E-state index in [4.69, 9.17) is 0 Å². The number of aromatic nitrogens is 1. The lowest BCUT2D eigenvalue weighted by Crippen LogP contribution is -2.43. The molecule has 3 heterocycles. The van der Waals surface area contributed by atoms with Crippen LogP contribution < -0.4 is 10.6 Å². The number of carbonyl (C=O) groups is 2. The molecule has 0 saturated carbocycles. The summed E-state index contributed by atoms with van der Waals surface area (Å²) in [5.74, 6) is -2.15. The first-order valence-electron chi connectivity index (χ1n) is 12.0. The lowest BCUT2D eigenvalue weighted by molar-refractivity contribution is -0.276. The summed E-state index contributed by atoms with van der Waals surface area (Å²) in [7, 11) is 0. The second-order valence-corrected chi connectivity index (χ2v) is 9.40. The molecule has 1 atom stereocenters. The van der Waals surface area contributed by atoms with Gasteiger partial charge in [-0.25, -0.2) is 0 Å². The number of amides is 2. The lowest BCUT2D eigenvalue weighted by atomic mass is 9.85. The second kappa shape index (κ2) is 10.9. The first kappa shape index (κ1) is 32.5. The van der Waals surface area contributed by atoms with Crippen molar-refractivity contribution in [1.82, 2.24) is 15.0 Å². The summed E-state index contributed by atoms with van der Waals surface area (Å²) in [5, 5.41) is 6.97. The van der Waals surface area contributed by atoms with Gasteiger partial charge in [0.05, 0.1) is 40.9 Å². The minimum Gasteiger partial charge on any atom is -0.374 e. The zero-order valence-electron chi connectivity index (χ0n) is 21.4. The Kier molecular flexibility index (Phi) is 8.06. The van der Waals surface area contributed by atoms with Gasteiger partial charge in [0.15, 0.2) is 0 Å². The van der Waals surface area contributed by atoms with E-state index in [2.05, 4.69) is 15.3 Å². The van der Waals surface area contributed by atoms with Crippen LogP contribution in [0.3, 0.4) is 0 Å². The number of carbonyl (C=O) groups excluding carboxylic acids is 2. The summed E-state index contributed by atoms with van der Waals surface area (Å²) in [6.45, 7) is -2.52. The summed E-state index contributed by atoms with van der Waals surface area (Å²) in [6.07, 6.45) is -21.3. The van der Waals surface area contributed by atoms with Gasteiger partial charge in [0.25, 0.3) is 11.5 Å². The monoisotopic (exact) mass is 648 g/mol. The predicted octanol–water partition coefficient (Wildman–Crippen LogP) is 5.97. The van der Waals surface area contributed by atoms with Crippen LogP contribution in [0.4, 0.5) is 52.7 Å². The number of nitrogens with zero attached hydrogens (tertiary/aromatic N) is 2. The number of hydrogen-bond donors (Lipinski definition) is 2. The molecule has 19 heteroatoms. The van der Waals surface area contributed by atoms with Gasteiger partial charge in [-0.05, 0) is 42.5 Å². The van der Waals surface area contributed by atoms with Crippen molar-refractivity contribution < 1.29 is 67.1 Å². The van der Waals surface area contributed by atoms with E-state index in [1.165, 1.54) is 23.6 Å². The molecule has 7 nitrogen and oxygen atoms in total. The quantitative estimate of drug-likeness (QED) is 0.324. The molecular formula is C25H16F12N4O3. The van der Waals surface area contributed by atoms with Crippen LogP contribution in [0, 0.1) is 0 Å². The van der Waals surface area contributed by atoms with E-state index in [1.807, 2.05) is 0 Å². The van der Waals surface area contributed by atoms with E-state index in [0.29, 0.717) is 0 Å². The van der Waals surface area contributed by atoms with E-state index >= 15 is 0 Å². The molecule has 1 unspecified atom stereocenters. The normalized spacial score (nSPS) is 17.8. The van der Waals surface area contributed by atoms with Gasteiger partial charge < -0.3 is 19.9 Å². The average molecular weight is 648 g/mol. The average Bonchev–Trinajstić information content (AvgIpc) is 3.57. The Bertz CT molecular complexity index is 1590. The van der Waals surface area contributed by atoms with Gasteiger partial charge in [-0.3, -0.25) is 9.59 Å². The molecule has 4 rings (SSSR count). The fourth-order valence-electron chi connectivity index (χ4n) is 4.31. The van der Waals surface area contributed by atoms with Gasteiger partial charge in [0.1, 0.15) is 12.3 Å². The number of hydrogen-bond acceptors (Lipinski definition) is 4. The highest BCUT2D eigenvalue weighted by atomic mass is 19.4. The molecule has 0 radical (unpaired) electrons. The highest BCUT2D eigenvalue weighted by molar-refractivity contribution is 6.05. The smallest absolute Gasteiger partial charge is 0.374 e. The van der Waals surface area contributed by atoms with Crippen molar-refractivity contribution in [2.75, 3.05) is 13.1 Å². The number of alkyl halides is 12. The number of fused-ring (bicyclic) bond motifs is 1. The Morgan fingerprint density at radius 1 is 0.864 bits per heavy atom. The third-order valence-corrected chi connectivity index (χ3v) is 6.37. The van der Waals surface area contributed by atoms with Crippen molar-refractivity contribution in [2.45, 2.75) is 36.7 Å². The van der Waals surface area contributed by atoms with Crippen molar-refractivity contribution >= 4 is 23.0 Å². The van der Waals surface area contributed by atoms with Crippen molar-refractivity contribution in [1.29, 1.82) is 0 Å². The van der Waals surface area contributed by atoms with Crippen LogP contribution in [0.1, 0.15) is 39.2 Å². The highest BCUT2D eigenvalue weighted by Crippen LogP contribution is 2.51. The van der Waals surface area contributed by atoms with E-state index in [1.54, 1.807) is 0 Å². The molecule has 0 spiro atoms. The summed E-state index contributed by atoms with van der Waals surface area (Å²) in [4.78, 5) is 28.8. The molecule has 238 valence electrons. The number of pyridine rings is 1. The molecule has 1 aromatic carbocycles. The summed E-state index contributed by atoms with van der Waals surface area (Å²) < 4.78 is 161. The Hall–Kier alpha value is -4.45. The maximum Gasteiger partial charge on any atom is 0.435 e. The van der Waals surface area contributed by atoms with E-state index in [9.17, 15) is 62.3 Å². The predicted molar refractivity (Wildman–Crippen MR) is 125 cm³/mol. The molecule has 44 heavy (non-hydrogen) atoms. The van der Waals surface area contributed by atoms with E-state index in [0.717, 1.165) is 16.5 Å². The van der Waals surface area contributed by atoms with Crippen LogP contribution in [-0.2, 0) is 27.6 Å². The van der Waals surface area contributed by atoms with Gasteiger partial charge in [0, 0.05) is 11.8 Å². The Morgan fingerprint density at radius 3 is 2.02 bits per heavy atom. The first-order valence-corrected chi connectivity index (χ1v) is 12.0. The van der Waals surface area contributed by atoms with Crippen molar-refractivity contribution in [3.8, 4) is 0 Å². The zero-order valence-corrected chi connectivity index (χ0v) is 21.4. The van der Waals surface area contributed by atoms with E-state index in [-0.39, 0.29) is 35.0 Å². The number of benzene rings is 1. The van der Waals surface area contributed by atoms with Crippen molar-refractivity contribution in [3.05, 3.63) is 76.6 Å². The van der Waals surface area contributed by atoms with Gasteiger partial charge in [-0.15, -0.1) is 0 Å². The molecule has 2 N–H and O–H groups in total. The molecule has 2 amide bonds. The van der Waals surface area contributed by atoms with Crippen LogP contribution in [0.15, 0.2) is 53.8 Å². The van der Waals surface area contributed by atoms with Crippen LogP contribution in [0.25, 0.3) is 5.52 Å². The summed E-state index contributed by atoms with van der Waals surface area (Å²) >= 11 is 0. The van der Waals surface area contributed by atoms with Crippen LogP contribution in [0.5, 0.6) is 0 Å². The number of halogens is 12. The molecule has 0 aliphatic carbocycles. The molecule has 0 saturated heterocycles. The van der Waals surface area contributed by atoms with Gasteiger partial charge in [-0.1, -0.05) is 5.16 Å². The molecule has 2 aromatic heterocycles. The fraction of sp³-hybridized carbons (Fsp3) is 0.320. The summed E-state index contributed by atoms with van der Waals surface area (Å²) in [5.41, 5.74) is -10.2. The van der Waals surface area contributed by atoms with Crippen LogP contribution in [-0.4, -0.2) is 47.4 Å². The molecular weight excluding hydrogens is 632 g/mol. The second-order valence-electron chi connectivity index (χ2n) is 9.40. The fourth-order valence-corrected chi connectivity index (χ4v) is 4.31. The maximum absolute atomic E-state index is 14.4. The maximum atomic E-state index is 14.4. The Morgan fingerprint density at radius 2 is 1.48 bits per heavy atom. The summed E-state index contributed by atoms with van der Waals surface area (Å²) in [6, 6.07) is 4.16. The lowest BCUT2D eigenvalue weighted by Gasteiger charge is -2.30. The van der Waals surface area contributed by atoms with Crippen molar-refractivity contribution in [3.63, 3.8) is 0 Å². The SMILES string of the molecule is O=C(CNC(=O)c1ccc(C2=NOC(c3cc(C(F)(F)F)cc(C(F)(F)F)c3)(C(F)(F)F)C2)n2cccc12)NCC(F)(F)F. The van der Waals surface area contributed by atoms with Crippen LogP contribution in [0.2, 0.25) is 0 Å². The number of rotatable bonds is 6. The largest absolute Gasteiger partial charge is 0.435 e. The standard InChI is InChI=1S/C25H16F12N4O3/c26-22(27,28)11-39-19(42)10-38-20(43)15-3-4-18(41-5-1-2-17(15)41)16-9-21(44-40-16,25(35,36)37)12-6-13(23(29,30)31)8-14(7-12)24(32,33)34/h1-8H,9-11H2,(H,38,43)(H,39,42). The third-order valence-electron chi connectivity index (χ3n) is 6.37. The van der Waals surface area contributed by atoms with E-state index < -0.39 is 84.0 Å². The van der Waals surface area contributed by atoms with Crippen molar-refractivity contribution in [2.24, 2.45) is 5.16 Å². The van der Waals surface area contributed by atoms with Gasteiger partial charge in [0.2, 0.25) is 5.91 Å². The topological polar surface area (TPSA) is 84.2 Å². The zero-order chi connectivity index (χ0) is 32.9. The Labute approximate surface area is 237 Å². The van der Waals surface area contributed by atoms with Gasteiger partial charge in [-0.2, -0.15) is 52.7 Å². The first-order chi connectivity index (χ1) is 20.1. The molecule has 0 fully saturated rings. The van der Waals surface area contributed by atoms with Crippen LogP contribution >= 0.6 is 0 Å². The molecule has 1 aliphatic heterocycles. The number of nitrogens with one attached hydrogen (secondary N) is 2. The third kappa shape index (κ3) is 6.54. The highest BCUT2D eigenvalue weighted by Gasteiger charge is 2.63. The minimum absolute atomic E-state index is 0.0127. The minimum atomic E-state index is -5.58. The Balaban J connectivity index is 1.67.